The molecule has 0 unspecified atom stereocenters. The third-order valence-corrected chi connectivity index (χ3v) is 6.31. The van der Waals surface area contributed by atoms with Crippen molar-refractivity contribution in [3.05, 3.63) is 105 Å². The van der Waals surface area contributed by atoms with Crippen LogP contribution in [0.3, 0.4) is 0 Å². The Kier molecular flexibility index (Phi) is 6.64. The van der Waals surface area contributed by atoms with E-state index in [9.17, 15) is 22.4 Å². The Morgan fingerprint density at radius 3 is 2.49 bits per heavy atom. The van der Waals surface area contributed by atoms with E-state index in [1.165, 1.54) is 18.2 Å². The van der Waals surface area contributed by atoms with E-state index < -0.39 is 22.5 Å². The Hall–Kier alpha value is -3.85. The summed E-state index contributed by atoms with van der Waals surface area (Å²) >= 11 is 5.64. The highest BCUT2D eigenvalue weighted by Gasteiger charge is 2.33. The second-order valence-corrected chi connectivity index (χ2v) is 8.86. The summed E-state index contributed by atoms with van der Waals surface area (Å²) < 4.78 is 65.6. The molecule has 190 valence electrons. The third-order valence-electron chi connectivity index (χ3n) is 5.98. The van der Waals surface area contributed by atoms with E-state index in [-0.39, 0.29) is 24.1 Å². The van der Waals surface area contributed by atoms with Crippen LogP contribution in [0.1, 0.15) is 16.7 Å². The minimum atomic E-state index is -4.58. The molecule has 0 atom stereocenters. The zero-order chi connectivity index (χ0) is 26.2. The number of aryl methyl sites for hydroxylation is 1. The standard InChI is InChI=1S/C27H19ClF4N2O3/c28-23-8-6-20(14-22(23)27(30,31)32)37-19-4-1-16(2-5-19)10-12-36-25-15-24-21-7-3-18(29)13-17(21)9-11-34(24)26(35)33-25/h1-8,13-15H,9-12H2. The summed E-state index contributed by atoms with van der Waals surface area (Å²) in [5, 5.41) is -0.399. The maximum atomic E-state index is 13.6. The second kappa shape index (κ2) is 9.89. The number of fused-ring (bicyclic) bond motifs is 3. The minimum absolute atomic E-state index is 0.0156. The molecule has 5 nitrogen and oxygen atoms in total. The molecule has 37 heavy (non-hydrogen) atoms. The van der Waals surface area contributed by atoms with Crippen LogP contribution in [0.25, 0.3) is 11.3 Å². The predicted octanol–water partition coefficient (Wildman–Crippen LogP) is 6.69. The number of hydrogen-bond donors (Lipinski definition) is 0. The minimum Gasteiger partial charge on any atom is -0.477 e. The van der Waals surface area contributed by atoms with Crippen molar-refractivity contribution in [1.29, 1.82) is 0 Å². The number of aromatic nitrogens is 2. The Labute approximate surface area is 213 Å². The number of benzene rings is 3. The van der Waals surface area contributed by atoms with E-state index in [1.807, 2.05) is 0 Å². The quantitative estimate of drug-likeness (QED) is 0.261. The molecule has 1 aliphatic rings. The van der Waals surface area contributed by atoms with E-state index in [4.69, 9.17) is 21.1 Å². The van der Waals surface area contributed by atoms with E-state index in [1.54, 1.807) is 41.0 Å². The topological polar surface area (TPSA) is 53.4 Å². The zero-order valence-corrected chi connectivity index (χ0v) is 19.9. The van der Waals surface area contributed by atoms with Gasteiger partial charge in [-0.05, 0) is 66.1 Å². The van der Waals surface area contributed by atoms with Crippen molar-refractivity contribution in [3.8, 4) is 28.6 Å². The average molecular weight is 531 g/mol. The van der Waals surface area contributed by atoms with Gasteiger partial charge in [-0.2, -0.15) is 18.2 Å². The number of rotatable bonds is 6. The lowest BCUT2D eigenvalue weighted by molar-refractivity contribution is -0.137. The van der Waals surface area contributed by atoms with Crippen molar-refractivity contribution >= 4 is 11.6 Å². The molecule has 1 aromatic heterocycles. The van der Waals surface area contributed by atoms with Crippen LogP contribution in [-0.2, 0) is 25.6 Å². The lowest BCUT2D eigenvalue weighted by atomic mass is 9.98. The smallest absolute Gasteiger partial charge is 0.417 e. The van der Waals surface area contributed by atoms with Gasteiger partial charge in [-0.25, -0.2) is 9.18 Å². The molecule has 0 bridgehead atoms. The van der Waals surface area contributed by atoms with Gasteiger partial charge in [0.1, 0.15) is 17.3 Å². The maximum absolute atomic E-state index is 13.6. The van der Waals surface area contributed by atoms with Gasteiger partial charge in [-0.15, -0.1) is 0 Å². The highest BCUT2D eigenvalue weighted by atomic mass is 35.5. The van der Waals surface area contributed by atoms with Crippen molar-refractivity contribution in [2.75, 3.05) is 6.61 Å². The fraction of sp³-hybridized carbons (Fsp3) is 0.185. The number of nitrogens with zero attached hydrogens (tertiary/aromatic N) is 2. The molecule has 0 N–H and O–H groups in total. The van der Waals surface area contributed by atoms with Crippen molar-refractivity contribution in [3.63, 3.8) is 0 Å². The monoisotopic (exact) mass is 530 g/mol. The Morgan fingerprint density at radius 1 is 0.973 bits per heavy atom. The van der Waals surface area contributed by atoms with Crippen molar-refractivity contribution < 1.29 is 27.0 Å². The van der Waals surface area contributed by atoms with Gasteiger partial charge in [0.2, 0.25) is 5.88 Å². The van der Waals surface area contributed by atoms with Crippen molar-refractivity contribution in [2.24, 2.45) is 0 Å². The normalized spacial score (nSPS) is 12.6. The van der Waals surface area contributed by atoms with Crippen molar-refractivity contribution in [2.45, 2.75) is 25.6 Å². The third kappa shape index (κ3) is 5.46. The van der Waals surface area contributed by atoms with Crippen LogP contribution >= 0.6 is 11.6 Å². The lowest BCUT2D eigenvalue weighted by Gasteiger charge is -2.21. The fourth-order valence-electron chi connectivity index (χ4n) is 4.17. The molecule has 2 heterocycles. The van der Waals surface area contributed by atoms with Gasteiger partial charge in [-0.1, -0.05) is 23.7 Å². The summed E-state index contributed by atoms with van der Waals surface area (Å²) in [5.41, 5.74) is 1.72. The highest BCUT2D eigenvalue weighted by Crippen LogP contribution is 2.37. The molecule has 0 spiro atoms. The van der Waals surface area contributed by atoms with Crippen LogP contribution in [0.4, 0.5) is 17.6 Å². The molecule has 0 amide bonds. The average Bonchev–Trinajstić information content (AvgIpc) is 2.85. The fourth-order valence-corrected chi connectivity index (χ4v) is 4.39. The molecular formula is C27H19ClF4N2O3. The molecule has 0 saturated heterocycles. The molecule has 0 radical (unpaired) electrons. The van der Waals surface area contributed by atoms with Gasteiger partial charge >= 0.3 is 11.9 Å². The largest absolute Gasteiger partial charge is 0.477 e. The van der Waals surface area contributed by atoms with E-state index in [0.29, 0.717) is 30.8 Å². The molecule has 0 fully saturated rings. The van der Waals surface area contributed by atoms with Crippen LogP contribution in [0.15, 0.2) is 71.5 Å². The number of ether oxygens (including phenoxy) is 2. The van der Waals surface area contributed by atoms with Crippen molar-refractivity contribution in [1.82, 2.24) is 9.55 Å². The first-order chi connectivity index (χ1) is 17.7. The molecule has 1 aliphatic heterocycles. The highest BCUT2D eigenvalue weighted by molar-refractivity contribution is 6.31. The first-order valence-corrected chi connectivity index (χ1v) is 11.7. The zero-order valence-electron chi connectivity index (χ0n) is 19.2. The predicted molar refractivity (Wildman–Crippen MR) is 130 cm³/mol. The number of hydrogen-bond acceptors (Lipinski definition) is 4. The lowest BCUT2D eigenvalue weighted by Crippen LogP contribution is -2.28. The summed E-state index contributed by atoms with van der Waals surface area (Å²) in [6, 6.07) is 16.3. The summed E-state index contributed by atoms with van der Waals surface area (Å²) in [6.07, 6.45) is -3.55. The van der Waals surface area contributed by atoms with Gasteiger partial charge < -0.3 is 9.47 Å². The first kappa shape index (κ1) is 24.8. The Balaban J connectivity index is 1.23. The van der Waals surface area contributed by atoms with Crippen LogP contribution < -0.4 is 15.2 Å². The van der Waals surface area contributed by atoms with Gasteiger partial charge in [0.15, 0.2) is 0 Å². The molecule has 4 aromatic rings. The summed E-state index contributed by atoms with van der Waals surface area (Å²) in [6.45, 7) is 0.651. The van der Waals surface area contributed by atoms with E-state index in [0.717, 1.165) is 28.8 Å². The van der Waals surface area contributed by atoms with Gasteiger partial charge in [0.05, 0.1) is 22.9 Å². The second-order valence-electron chi connectivity index (χ2n) is 8.45. The molecule has 0 aliphatic carbocycles. The van der Waals surface area contributed by atoms with Crippen LogP contribution in [-0.4, -0.2) is 16.2 Å². The number of alkyl halides is 3. The van der Waals surface area contributed by atoms with Crippen LogP contribution in [0, 0.1) is 5.82 Å². The summed E-state index contributed by atoms with van der Waals surface area (Å²) in [7, 11) is 0. The first-order valence-electron chi connectivity index (χ1n) is 11.3. The van der Waals surface area contributed by atoms with E-state index >= 15 is 0 Å². The molecule has 5 rings (SSSR count). The van der Waals surface area contributed by atoms with Crippen LogP contribution in [0.5, 0.6) is 17.4 Å². The number of halogens is 5. The SMILES string of the molecule is O=c1nc(OCCc2ccc(Oc3ccc(Cl)c(C(F)(F)F)c3)cc2)cc2n1CCc1cc(F)ccc1-2. The molecule has 10 heteroatoms. The summed E-state index contributed by atoms with van der Waals surface area (Å²) in [4.78, 5) is 16.5. The Morgan fingerprint density at radius 2 is 1.73 bits per heavy atom. The van der Waals surface area contributed by atoms with Gasteiger partial charge in [0, 0.05) is 24.6 Å². The molecule has 0 saturated carbocycles. The summed E-state index contributed by atoms with van der Waals surface area (Å²) in [5.74, 6) is 0.230. The molecular weight excluding hydrogens is 512 g/mol. The molecule has 3 aromatic carbocycles. The Bertz CT molecular complexity index is 1520. The van der Waals surface area contributed by atoms with Gasteiger partial charge in [0.25, 0.3) is 0 Å². The van der Waals surface area contributed by atoms with E-state index in [2.05, 4.69) is 4.98 Å². The van der Waals surface area contributed by atoms with Crippen LogP contribution in [0.2, 0.25) is 5.02 Å². The van der Waals surface area contributed by atoms with Gasteiger partial charge in [-0.3, -0.25) is 4.57 Å². The maximum Gasteiger partial charge on any atom is 0.417 e.